The molecular formula is C25H28N4O3. The number of nitrogens with zero attached hydrogens (tertiary/aromatic N) is 4. The second kappa shape index (κ2) is 10.2. The van der Waals surface area contributed by atoms with Crippen LogP contribution in [0.2, 0.25) is 0 Å². The predicted octanol–water partition coefficient (Wildman–Crippen LogP) is 2.93. The Morgan fingerprint density at radius 2 is 1.69 bits per heavy atom. The van der Waals surface area contributed by atoms with Gasteiger partial charge in [0.2, 0.25) is 0 Å². The Labute approximate surface area is 188 Å². The molecule has 0 bridgehead atoms. The first-order valence-electron chi connectivity index (χ1n) is 11.2. The number of nitriles is 1. The molecule has 2 aliphatic heterocycles. The van der Waals surface area contributed by atoms with Crippen molar-refractivity contribution >= 4 is 11.8 Å². The van der Waals surface area contributed by atoms with Crippen molar-refractivity contribution < 1.29 is 14.0 Å². The molecule has 0 unspecified atom stereocenters. The normalized spacial score (nSPS) is 17.8. The van der Waals surface area contributed by atoms with Crippen LogP contribution in [0.3, 0.4) is 0 Å². The Kier molecular flexibility index (Phi) is 6.90. The summed E-state index contributed by atoms with van der Waals surface area (Å²) in [6.45, 7) is 3.55. The maximum Gasteiger partial charge on any atom is 0.289 e. The fourth-order valence-electron chi connectivity index (χ4n) is 4.38. The van der Waals surface area contributed by atoms with E-state index >= 15 is 0 Å². The molecular weight excluding hydrogens is 404 g/mol. The molecule has 3 heterocycles. The van der Waals surface area contributed by atoms with Gasteiger partial charge in [0.15, 0.2) is 5.76 Å². The fourth-order valence-corrected chi connectivity index (χ4v) is 4.38. The van der Waals surface area contributed by atoms with Crippen LogP contribution in [0.1, 0.15) is 29.0 Å². The molecule has 0 spiro atoms. The van der Waals surface area contributed by atoms with Gasteiger partial charge in [0.1, 0.15) is 11.6 Å². The Balaban J connectivity index is 1.28. The molecule has 1 aromatic heterocycles. The standard InChI is InChI=1S/C25H28N4O3/c26-18-22(19-27-12-14-29(15-13-27)25(31)23-7-4-16-32-23)24(30)28-10-8-21(9-11-28)17-20-5-2-1-3-6-20/h1-7,16,19,21H,8-15,17H2/b22-19-. The number of hydrogen-bond donors (Lipinski definition) is 0. The molecule has 7 nitrogen and oxygen atoms in total. The highest BCUT2D eigenvalue weighted by Crippen LogP contribution is 2.23. The van der Waals surface area contributed by atoms with Gasteiger partial charge in [0.05, 0.1) is 6.26 Å². The number of carbonyl (C=O) groups is 2. The van der Waals surface area contributed by atoms with Gasteiger partial charge in [-0.05, 0) is 42.9 Å². The highest BCUT2D eigenvalue weighted by Gasteiger charge is 2.27. The minimum Gasteiger partial charge on any atom is -0.459 e. The summed E-state index contributed by atoms with van der Waals surface area (Å²) in [6.07, 6.45) is 6.08. The smallest absolute Gasteiger partial charge is 0.289 e. The van der Waals surface area contributed by atoms with Gasteiger partial charge in [-0.3, -0.25) is 9.59 Å². The van der Waals surface area contributed by atoms with Crippen molar-refractivity contribution in [2.24, 2.45) is 5.92 Å². The van der Waals surface area contributed by atoms with Gasteiger partial charge in [0.25, 0.3) is 11.8 Å². The first-order valence-corrected chi connectivity index (χ1v) is 11.2. The SMILES string of the molecule is N#C/C(=C/N1CCN(C(=O)c2ccco2)CC1)C(=O)N1CCC(Cc2ccccc2)CC1. The molecule has 2 saturated heterocycles. The Morgan fingerprint density at radius 3 is 2.31 bits per heavy atom. The van der Waals surface area contributed by atoms with Gasteiger partial charge < -0.3 is 19.1 Å². The van der Waals surface area contributed by atoms with Crippen molar-refractivity contribution in [3.63, 3.8) is 0 Å². The first-order chi connectivity index (χ1) is 15.6. The van der Waals surface area contributed by atoms with Crippen molar-refractivity contribution in [3.8, 4) is 6.07 Å². The summed E-state index contributed by atoms with van der Waals surface area (Å²) in [4.78, 5) is 30.8. The topological polar surface area (TPSA) is 80.8 Å². The molecule has 0 aliphatic carbocycles. The van der Waals surface area contributed by atoms with Crippen LogP contribution in [0.4, 0.5) is 0 Å². The van der Waals surface area contributed by atoms with E-state index in [9.17, 15) is 14.9 Å². The maximum absolute atomic E-state index is 12.9. The van der Waals surface area contributed by atoms with Crippen molar-refractivity contribution in [1.29, 1.82) is 5.26 Å². The Morgan fingerprint density at radius 1 is 0.969 bits per heavy atom. The molecule has 7 heteroatoms. The van der Waals surface area contributed by atoms with E-state index in [1.807, 2.05) is 11.0 Å². The summed E-state index contributed by atoms with van der Waals surface area (Å²) in [5.74, 6) is 0.571. The lowest BCUT2D eigenvalue weighted by Gasteiger charge is -2.34. The molecule has 4 rings (SSSR count). The van der Waals surface area contributed by atoms with Gasteiger partial charge >= 0.3 is 0 Å². The number of furan rings is 1. The van der Waals surface area contributed by atoms with Crippen LogP contribution in [0, 0.1) is 17.2 Å². The van der Waals surface area contributed by atoms with E-state index in [-0.39, 0.29) is 17.4 Å². The van der Waals surface area contributed by atoms with Crippen molar-refractivity contribution in [2.75, 3.05) is 39.3 Å². The molecule has 2 aromatic rings. The number of likely N-dealkylation sites (tertiary alicyclic amines) is 1. The van der Waals surface area contributed by atoms with Gasteiger partial charge in [-0.25, -0.2) is 0 Å². The third-order valence-corrected chi connectivity index (χ3v) is 6.26. The number of piperidine rings is 1. The maximum atomic E-state index is 12.9. The minimum atomic E-state index is -0.195. The Hall–Kier alpha value is -3.53. The van der Waals surface area contributed by atoms with E-state index in [0.29, 0.717) is 50.9 Å². The molecule has 1 aromatic carbocycles. The number of rotatable bonds is 5. The lowest BCUT2D eigenvalue weighted by Crippen LogP contribution is -2.47. The van der Waals surface area contributed by atoms with Crippen LogP contribution in [0.25, 0.3) is 0 Å². The van der Waals surface area contributed by atoms with Crippen LogP contribution in [-0.4, -0.2) is 65.8 Å². The molecule has 32 heavy (non-hydrogen) atoms. The molecule has 0 atom stereocenters. The summed E-state index contributed by atoms with van der Waals surface area (Å²) < 4.78 is 5.19. The zero-order valence-corrected chi connectivity index (χ0v) is 18.2. The lowest BCUT2D eigenvalue weighted by molar-refractivity contribution is -0.128. The molecule has 2 amide bonds. The van der Waals surface area contributed by atoms with E-state index in [0.717, 1.165) is 19.3 Å². The third kappa shape index (κ3) is 5.20. The van der Waals surface area contributed by atoms with Crippen molar-refractivity contribution in [1.82, 2.24) is 14.7 Å². The summed E-state index contributed by atoms with van der Waals surface area (Å²) >= 11 is 0. The monoisotopic (exact) mass is 432 g/mol. The van der Waals surface area contributed by atoms with Crippen LogP contribution in [-0.2, 0) is 11.2 Å². The van der Waals surface area contributed by atoms with Crippen molar-refractivity contribution in [3.05, 3.63) is 71.8 Å². The van der Waals surface area contributed by atoms with E-state index in [2.05, 4.69) is 30.3 Å². The highest BCUT2D eigenvalue weighted by atomic mass is 16.3. The quantitative estimate of drug-likeness (QED) is 0.536. The molecule has 0 radical (unpaired) electrons. The van der Waals surface area contributed by atoms with Gasteiger partial charge in [0, 0.05) is 45.5 Å². The second-order valence-electron chi connectivity index (χ2n) is 8.39. The molecule has 0 saturated carbocycles. The summed E-state index contributed by atoms with van der Waals surface area (Å²) in [7, 11) is 0. The fraction of sp³-hybridized carbons (Fsp3) is 0.400. The number of benzene rings is 1. The van der Waals surface area contributed by atoms with Crippen LogP contribution < -0.4 is 0 Å². The average Bonchev–Trinajstić information content (AvgIpc) is 3.38. The van der Waals surface area contributed by atoms with E-state index in [1.54, 1.807) is 28.1 Å². The van der Waals surface area contributed by atoms with Crippen LogP contribution >= 0.6 is 0 Å². The van der Waals surface area contributed by atoms with Gasteiger partial charge in [-0.15, -0.1) is 0 Å². The lowest BCUT2D eigenvalue weighted by atomic mass is 9.90. The van der Waals surface area contributed by atoms with Crippen molar-refractivity contribution in [2.45, 2.75) is 19.3 Å². The van der Waals surface area contributed by atoms with Crippen LogP contribution in [0.15, 0.2) is 64.9 Å². The second-order valence-corrected chi connectivity index (χ2v) is 8.39. The van der Waals surface area contributed by atoms with Gasteiger partial charge in [-0.1, -0.05) is 30.3 Å². The summed E-state index contributed by atoms with van der Waals surface area (Å²) in [5, 5.41) is 9.60. The molecule has 2 fully saturated rings. The highest BCUT2D eigenvalue weighted by molar-refractivity contribution is 5.97. The number of hydrogen-bond acceptors (Lipinski definition) is 5. The van der Waals surface area contributed by atoms with Gasteiger partial charge in [-0.2, -0.15) is 5.26 Å². The number of carbonyl (C=O) groups excluding carboxylic acids is 2. The first kappa shape index (κ1) is 21.7. The van der Waals surface area contributed by atoms with Crippen LogP contribution in [0.5, 0.6) is 0 Å². The molecule has 2 aliphatic rings. The average molecular weight is 433 g/mol. The summed E-state index contributed by atoms with van der Waals surface area (Å²) in [6, 6.07) is 15.9. The largest absolute Gasteiger partial charge is 0.459 e. The molecule has 166 valence electrons. The molecule has 0 N–H and O–H groups in total. The van der Waals surface area contributed by atoms with E-state index < -0.39 is 0 Å². The zero-order valence-electron chi connectivity index (χ0n) is 18.2. The number of amides is 2. The minimum absolute atomic E-state index is 0.131. The summed E-state index contributed by atoms with van der Waals surface area (Å²) in [5.41, 5.74) is 1.50. The number of piperazine rings is 1. The predicted molar refractivity (Wildman–Crippen MR) is 119 cm³/mol. The van der Waals surface area contributed by atoms with E-state index in [4.69, 9.17) is 4.42 Å². The Bertz CT molecular complexity index is 978. The van der Waals surface area contributed by atoms with E-state index in [1.165, 1.54) is 11.8 Å². The third-order valence-electron chi connectivity index (χ3n) is 6.26. The zero-order chi connectivity index (χ0) is 22.3.